The summed E-state index contributed by atoms with van der Waals surface area (Å²) in [5.41, 5.74) is 3.18. The molecule has 2 aliphatic heterocycles. The summed E-state index contributed by atoms with van der Waals surface area (Å²) in [7, 11) is 0. The Morgan fingerprint density at radius 2 is 1.68 bits per heavy atom. The second-order valence-corrected chi connectivity index (χ2v) is 10.8. The van der Waals surface area contributed by atoms with Gasteiger partial charge in [-0.15, -0.1) is 10.2 Å². The van der Waals surface area contributed by atoms with E-state index in [2.05, 4.69) is 56.7 Å². The molecule has 0 bridgehead atoms. The summed E-state index contributed by atoms with van der Waals surface area (Å²) in [5.74, 6) is 1.33. The van der Waals surface area contributed by atoms with Gasteiger partial charge in [0.1, 0.15) is 5.84 Å². The zero-order valence-corrected chi connectivity index (χ0v) is 21.5. The van der Waals surface area contributed by atoms with Gasteiger partial charge in [-0.3, -0.25) is 14.6 Å². The van der Waals surface area contributed by atoms with E-state index in [1.165, 1.54) is 0 Å². The van der Waals surface area contributed by atoms with Crippen molar-refractivity contribution in [3.8, 4) is 22.5 Å². The number of carbonyl (C=O) groups is 2. The monoisotopic (exact) mass is 510 g/mol. The number of aromatic nitrogens is 4. The summed E-state index contributed by atoms with van der Waals surface area (Å²) in [6.07, 6.45) is 4.45. The number of nitrogens with one attached hydrogen (secondary N) is 1. The van der Waals surface area contributed by atoms with Crippen molar-refractivity contribution in [1.29, 1.82) is 0 Å². The number of amidine groups is 1. The number of H-pyrrole nitrogens is 1. The summed E-state index contributed by atoms with van der Waals surface area (Å²) in [4.78, 5) is 38.1. The lowest BCUT2D eigenvalue weighted by Gasteiger charge is -2.49. The van der Waals surface area contributed by atoms with Crippen LogP contribution >= 0.6 is 0 Å². The second kappa shape index (κ2) is 8.47. The maximum atomic E-state index is 13.9. The van der Waals surface area contributed by atoms with Crippen LogP contribution in [0.5, 0.6) is 0 Å². The van der Waals surface area contributed by atoms with Gasteiger partial charge in [0.15, 0.2) is 11.7 Å². The Bertz CT molecular complexity index is 1430. The van der Waals surface area contributed by atoms with Crippen LogP contribution < -0.4 is 0 Å². The number of aromatic amines is 1. The van der Waals surface area contributed by atoms with E-state index >= 15 is 0 Å². The molecule has 194 valence electrons. The van der Waals surface area contributed by atoms with Crippen LogP contribution in [0.15, 0.2) is 53.5 Å². The Hall–Kier alpha value is -4.08. The van der Waals surface area contributed by atoms with Crippen LogP contribution in [-0.2, 0) is 11.3 Å². The number of benzene rings is 2. The van der Waals surface area contributed by atoms with Gasteiger partial charge in [0.25, 0.3) is 5.91 Å². The van der Waals surface area contributed by atoms with Gasteiger partial charge in [0.05, 0.1) is 0 Å². The standard InChI is InChI=1S/C28H30N8O2/c1-3-23-29-28(2)24(26(37)35(19-12-13-19)27(38)36(28)20-14-15-20)34(23)16-17-8-10-18(11-9-17)21-6-4-5-7-22(21)25-30-32-33-31-25/h4-11,19-20,24H,3,12-16H2,1-2H3,(H,30,31,32,33). The molecule has 1 aromatic heterocycles. The van der Waals surface area contributed by atoms with Gasteiger partial charge in [-0.25, -0.2) is 9.79 Å². The number of urea groups is 1. The predicted molar refractivity (Wildman–Crippen MR) is 141 cm³/mol. The number of carbonyl (C=O) groups excluding carboxylic acids is 2. The summed E-state index contributed by atoms with van der Waals surface area (Å²) in [5, 5.41) is 14.5. The zero-order chi connectivity index (χ0) is 26.0. The summed E-state index contributed by atoms with van der Waals surface area (Å²) < 4.78 is 0. The number of hydrogen-bond acceptors (Lipinski definition) is 7. The molecule has 10 heteroatoms. The number of imide groups is 1. The summed E-state index contributed by atoms with van der Waals surface area (Å²) >= 11 is 0. The smallest absolute Gasteiger partial charge is 0.329 e. The van der Waals surface area contributed by atoms with Crippen molar-refractivity contribution in [2.24, 2.45) is 4.99 Å². The second-order valence-electron chi connectivity index (χ2n) is 10.8. The van der Waals surface area contributed by atoms with Crippen molar-refractivity contribution in [3.63, 3.8) is 0 Å². The van der Waals surface area contributed by atoms with Crippen molar-refractivity contribution in [2.45, 2.75) is 76.3 Å². The number of fused-ring (bicyclic) bond motifs is 1. The molecule has 2 saturated carbocycles. The minimum atomic E-state index is -0.866. The van der Waals surface area contributed by atoms with E-state index in [4.69, 9.17) is 4.99 Å². The number of nitrogens with zero attached hydrogens (tertiary/aromatic N) is 7. The van der Waals surface area contributed by atoms with Crippen molar-refractivity contribution in [3.05, 3.63) is 54.1 Å². The predicted octanol–water partition coefficient (Wildman–Crippen LogP) is 3.83. The van der Waals surface area contributed by atoms with Gasteiger partial charge >= 0.3 is 6.03 Å². The summed E-state index contributed by atoms with van der Waals surface area (Å²) in [6.45, 7) is 4.59. The van der Waals surface area contributed by atoms with E-state index in [-0.39, 0.29) is 24.0 Å². The first-order valence-corrected chi connectivity index (χ1v) is 13.4. The molecule has 3 heterocycles. The van der Waals surface area contributed by atoms with Gasteiger partial charge in [0.2, 0.25) is 5.82 Å². The molecule has 2 atom stereocenters. The quantitative estimate of drug-likeness (QED) is 0.517. The third-order valence-corrected chi connectivity index (χ3v) is 8.16. The van der Waals surface area contributed by atoms with Crippen molar-refractivity contribution >= 4 is 17.8 Å². The lowest BCUT2D eigenvalue weighted by atomic mass is 9.95. The lowest BCUT2D eigenvalue weighted by Crippen LogP contribution is -2.72. The average Bonchev–Trinajstić information content (AvgIpc) is 3.85. The van der Waals surface area contributed by atoms with Crippen LogP contribution in [0.3, 0.4) is 0 Å². The Balaban J connectivity index is 1.20. The first-order valence-electron chi connectivity index (χ1n) is 13.4. The molecule has 0 radical (unpaired) electrons. The molecular weight excluding hydrogens is 480 g/mol. The molecule has 2 aromatic carbocycles. The third kappa shape index (κ3) is 3.53. The minimum Gasteiger partial charge on any atom is -0.340 e. The molecule has 10 nitrogen and oxygen atoms in total. The largest absolute Gasteiger partial charge is 0.340 e. The van der Waals surface area contributed by atoms with Gasteiger partial charge in [-0.2, -0.15) is 5.21 Å². The maximum Gasteiger partial charge on any atom is 0.329 e. The molecule has 3 fully saturated rings. The van der Waals surface area contributed by atoms with Crippen LogP contribution in [-0.4, -0.2) is 76.9 Å². The number of amides is 3. The lowest BCUT2D eigenvalue weighted by molar-refractivity contribution is -0.142. The van der Waals surface area contributed by atoms with E-state index in [9.17, 15) is 9.59 Å². The van der Waals surface area contributed by atoms with E-state index < -0.39 is 11.7 Å². The Morgan fingerprint density at radius 3 is 2.32 bits per heavy atom. The minimum absolute atomic E-state index is 0.0342. The maximum absolute atomic E-state index is 13.9. The topological polar surface area (TPSA) is 111 Å². The molecular formula is C28H30N8O2. The van der Waals surface area contributed by atoms with Crippen LogP contribution in [0, 0.1) is 0 Å². The molecule has 1 saturated heterocycles. The molecule has 3 amide bonds. The van der Waals surface area contributed by atoms with Crippen molar-refractivity contribution < 1.29 is 9.59 Å². The van der Waals surface area contributed by atoms with E-state index in [0.29, 0.717) is 18.8 Å². The molecule has 2 aliphatic carbocycles. The van der Waals surface area contributed by atoms with Crippen molar-refractivity contribution in [2.75, 3.05) is 0 Å². The SMILES string of the molecule is CCC1=NC2(C)C(C(=O)N(C3CC3)C(=O)N2C2CC2)N1Cc1ccc(-c2ccccc2-c2nn[nH]n2)cc1. The van der Waals surface area contributed by atoms with Gasteiger partial charge in [0, 0.05) is 30.6 Å². The van der Waals surface area contributed by atoms with Crippen LogP contribution in [0.1, 0.15) is 51.5 Å². The number of rotatable bonds is 7. The average molecular weight is 511 g/mol. The fourth-order valence-electron chi connectivity index (χ4n) is 6.10. The molecule has 38 heavy (non-hydrogen) atoms. The highest BCUT2D eigenvalue weighted by molar-refractivity contribution is 6.05. The van der Waals surface area contributed by atoms with E-state index in [1.807, 2.05) is 36.1 Å². The molecule has 2 unspecified atom stereocenters. The Morgan fingerprint density at radius 1 is 0.974 bits per heavy atom. The number of tetrazole rings is 1. The van der Waals surface area contributed by atoms with Gasteiger partial charge in [-0.1, -0.05) is 55.5 Å². The number of aliphatic imine (C=N–C) groups is 1. The zero-order valence-electron chi connectivity index (χ0n) is 21.5. The molecule has 1 N–H and O–H groups in total. The fourth-order valence-corrected chi connectivity index (χ4v) is 6.10. The third-order valence-electron chi connectivity index (χ3n) is 8.16. The summed E-state index contributed by atoms with van der Waals surface area (Å²) in [6, 6.07) is 15.9. The van der Waals surface area contributed by atoms with Crippen LogP contribution in [0.25, 0.3) is 22.5 Å². The van der Waals surface area contributed by atoms with Crippen LogP contribution in [0.4, 0.5) is 4.79 Å². The first-order chi connectivity index (χ1) is 18.5. The molecule has 3 aromatic rings. The first kappa shape index (κ1) is 23.1. The Kier molecular flexibility index (Phi) is 5.14. The highest BCUT2D eigenvalue weighted by Gasteiger charge is 2.64. The van der Waals surface area contributed by atoms with Gasteiger partial charge in [-0.05, 0) is 54.5 Å². The highest BCUT2D eigenvalue weighted by atomic mass is 16.2. The molecule has 4 aliphatic rings. The number of hydrogen-bond donors (Lipinski definition) is 1. The van der Waals surface area contributed by atoms with E-state index in [0.717, 1.165) is 53.8 Å². The van der Waals surface area contributed by atoms with Crippen LogP contribution in [0.2, 0.25) is 0 Å². The molecule has 7 rings (SSSR count). The van der Waals surface area contributed by atoms with Gasteiger partial charge < -0.3 is 4.90 Å². The Labute approximate surface area is 220 Å². The molecule has 0 spiro atoms. The fraction of sp³-hybridized carbons (Fsp3) is 0.429. The van der Waals surface area contributed by atoms with Crippen molar-refractivity contribution in [1.82, 2.24) is 35.3 Å². The highest BCUT2D eigenvalue weighted by Crippen LogP contribution is 2.47. The normalized spacial score (nSPS) is 25.2. The van der Waals surface area contributed by atoms with E-state index in [1.54, 1.807) is 4.90 Å².